The molecule has 3 unspecified atom stereocenters. The molecule has 0 aliphatic rings. The molecule has 0 amide bonds. The molecule has 0 heterocycles. The molecule has 41 heavy (non-hydrogen) atoms. The Morgan fingerprint density at radius 1 is 0.512 bits per heavy atom. The molecule has 0 radical (unpaired) electrons. The van der Waals surface area contributed by atoms with Gasteiger partial charge >= 0.3 is 17.9 Å². The van der Waals surface area contributed by atoms with Gasteiger partial charge in [0, 0.05) is 0 Å². The zero-order valence-electron chi connectivity index (χ0n) is 27.0. The average molecular weight is 583 g/mol. The minimum Gasteiger partial charge on any atom is -0.481 e. The zero-order valence-corrected chi connectivity index (χ0v) is 27.0. The van der Waals surface area contributed by atoms with Crippen molar-refractivity contribution in [3.63, 3.8) is 0 Å². The number of carboxylic acid groups (broad SMARTS) is 3. The van der Waals surface area contributed by atoms with Crippen LogP contribution in [0.15, 0.2) is 12.2 Å². The lowest BCUT2D eigenvalue weighted by atomic mass is 10.0. The number of carboxylic acids is 3. The van der Waals surface area contributed by atoms with Crippen LogP contribution in [0.3, 0.4) is 0 Å². The van der Waals surface area contributed by atoms with E-state index in [-0.39, 0.29) is 24.1 Å². The maximum atomic E-state index is 11.6. The van der Waals surface area contributed by atoms with Crippen LogP contribution in [0.5, 0.6) is 0 Å². The molecular formula is C34H64NO6+. The predicted molar refractivity (Wildman–Crippen MR) is 168 cm³/mol. The normalized spacial score (nSPS) is 15.4. The summed E-state index contributed by atoms with van der Waals surface area (Å²) in [5.74, 6) is -4.95. The second-order valence-corrected chi connectivity index (χ2v) is 12.7. The maximum Gasteiger partial charge on any atom is 0.311 e. The van der Waals surface area contributed by atoms with E-state index in [0.717, 1.165) is 12.8 Å². The fourth-order valence-electron chi connectivity index (χ4n) is 5.83. The Bertz CT molecular complexity index is 667. The summed E-state index contributed by atoms with van der Waals surface area (Å²) < 4.78 is 0.143. The van der Waals surface area contributed by atoms with Gasteiger partial charge in [-0.2, -0.15) is 0 Å². The number of nitrogens with zero attached hydrogens (tertiary/aromatic N) is 1. The molecule has 0 aromatic rings. The first kappa shape index (κ1) is 39.1. The molecule has 3 N–H and O–H groups in total. The van der Waals surface area contributed by atoms with Crippen molar-refractivity contribution >= 4 is 17.9 Å². The van der Waals surface area contributed by atoms with Crippen LogP contribution in [0.2, 0.25) is 0 Å². The minimum absolute atomic E-state index is 0.143. The molecule has 7 nitrogen and oxygen atoms in total. The molecule has 0 spiro atoms. The lowest BCUT2D eigenvalue weighted by molar-refractivity contribution is -0.928. The Kier molecular flexibility index (Phi) is 23.5. The van der Waals surface area contributed by atoms with Crippen LogP contribution in [0.4, 0.5) is 0 Å². The summed E-state index contributed by atoms with van der Waals surface area (Å²) in [5.41, 5.74) is 0. The van der Waals surface area contributed by atoms with E-state index in [1.165, 1.54) is 103 Å². The average Bonchev–Trinajstić information content (AvgIpc) is 2.91. The Labute approximate surface area is 251 Å². The van der Waals surface area contributed by atoms with Crippen LogP contribution in [-0.2, 0) is 14.4 Å². The van der Waals surface area contributed by atoms with E-state index < -0.39 is 35.7 Å². The van der Waals surface area contributed by atoms with Crippen LogP contribution >= 0.6 is 0 Å². The van der Waals surface area contributed by atoms with Crippen molar-refractivity contribution in [1.82, 2.24) is 0 Å². The van der Waals surface area contributed by atoms with Crippen molar-refractivity contribution in [2.75, 3.05) is 26.2 Å². The number of aliphatic carboxylic acids is 3. The van der Waals surface area contributed by atoms with Gasteiger partial charge in [-0.05, 0) is 39.7 Å². The van der Waals surface area contributed by atoms with E-state index in [4.69, 9.17) is 0 Å². The third-order valence-corrected chi connectivity index (χ3v) is 8.38. The van der Waals surface area contributed by atoms with Crippen LogP contribution < -0.4 is 0 Å². The van der Waals surface area contributed by atoms with Gasteiger partial charge in [0.25, 0.3) is 0 Å². The minimum atomic E-state index is -0.953. The van der Waals surface area contributed by atoms with Gasteiger partial charge < -0.3 is 19.8 Å². The highest BCUT2D eigenvalue weighted by Gasteiger charge is 2.37. The summed E-state index contributed by atoms with van der Waals surface area (Å²) in [6.45, 7) is 8.13. The third kappa shape index (κ3) is 21.5. The summed E-state index contributed by atoms with van der Waals surface area (Å²) in [6, 6.07) is 0. The van der Waals surface area contributed by atoms with Gasteiger partial charge in [0.05, 0.1) is 26.2 Å². The van der Waals surface area contributed by atoms with E-state index in [2.05, 4.69) is 13.0 Å². The lowest BCUT2D eigenvalue weighted by Gasteiger charge is -2.41. The quantitative estimate of drug-likeness (QED) is 0.0463. The van der Waals surface area contributed by atoms with Gasteiger partial charge in [-0.1, -0.05) is 116 Å². The van der Waals surface area contributed by atoms with Gasteiger partial charge in [0.15, 0.2) is 0 Å². The topological polar surface area (TPSA) is 112 Å². The van der Waals surface area contributed by atoms with Crippen LogP contribution in [0, 0.1) is 17.8 Å². The summed E-state index contributed by atoms with van der Waals surface area (Å²) in [6.07, 6.45) is 27.8. The molecule has 0 saturated carbocycles. The zero-order chi connectivity index (χ0) is 30.9. The molecule has 0 fully saturated rings. The number of allylic oxidation sites excluding steroid dienone is 1. The largest absolute Gasteiger partial charge is 0.481 e. The van der Waals surface area contributed by atoms with Gasteiger partial charge in [-0.15, -0.1) is 0 Å². The monoisotopic (exact) mass is 582 g/mol. The number of hydrogen-bond donors (Lipinski definition) is 3. The second kappa shape index (κ2) is 24.7. The molecular weight excluding hydrogens is 518 g/mol. The van der Waals surface area contributed by atoms with E-state index in [1.807, 2.05) is 6.08 Å². The Balaban J connectivity index is 4.31. The summed E-state index contributed by atoms with van der Waals surface area (Å²) in [4.78, 5) is 34.8. The smallest absolute Gasteiger partial charge is 0.311 e. The molecule has 3 atom stereocenters. The van der Waals surface area contributed by atoms with Crippen molar-refractivity contribution in [3.8, 4) is 0 Å². The number of carbonyl (C=O) groups is 3. The predicted octanol–water partition coefficient (Wildman–Crippen LogP) is 8.56. The Hall–Kier alpha value is -1.89. The standard InChI is InChI=1S/C34H63NO6/c1-5-6-7-8-9-10-11-12-13-14-15-16-17-18-19-20-21-22-23-24-25-35(26-29(2)32(36)37,27-30(3)33(38)39)28-31(4)34(40)41/h23-24,29-31H,5-22,25-28H2,1-4H3,(H2-,36,37,38,39,40,41)/p+1/b24-23+. The van der Waals surface area contributed by atoms with E-state index in [0.29, 0.717) is 6.54 Å². The first-order chi connectivity index (χ1) is 19.5. The van der Waals surface area contributed by atoms with Crippen LogP contribution in [0.25, 0.3) is 0 Å². The lowest BCUT2D eigenvalue weighted by Crippen LogP contribution is -2.57. The van der Waals surface area contributed by atoms with E-state index >= 15 is 0 Å². The number of quaternary nitrogens is 1. The third-order valence-electron chi connectivity index (χ3n) is 8.38. The molecule has 0 rings (SSSR count). The van der Waals surface area contributed by atoms with Crippen molar-refractivity contribution in [1.29, 1.82) is 0 Å². The number of unbranched alkanes of at least 4 members (excludes halogenated alkanes) is 17. The van der Waals surface area contributed by atoms with E-state index in [9.17, 15) is 29.7 Å². The first-order valence-corrected chi connectivity index (χ1v) is 16.7. The molecule has 0 bridgehead atoms. The second-order valence-electron chi connectivity index (χ2n) is 12.7. The first-order valence-electron chi connectivity index (χ1n) is 16.7. The fourth-order valence-corrected chi connectivity index (χ4v) is 5.83. The number of hydrogen-bond acceptors (Lipinski definition) is 3. The van der Waals surface area contributed by atoms with Gasteiger partial charge in [-0.3, -0.25) is 14.4 Å². The number of rotatable bonds is 29. The van der Waals surface area contributed by atoms with Crippen molar-refractivity contribution in [2.45, 2.75) is 143 Å². The van der Waals surface area contributed by atoms with E-state index in [1.54, 1.807) is 20.8 Å². The van der Waals surface area contributed by atoms with Gasteiger partial charge in [-0.25, -0.2) is 0 Å². The van der Waals surface area contributed by atoms with Crippen molar-refractivity contribution in [2.24, 2.45) is 17.8 Å². The molecule has 0 saturated heterocycles. The Morgan fingerprint density at radius 2 is 0.805 bits per heavy atom. The van der Waals surface area contributed by atoms with Gasteiger partial charge in [0.2, 0.25) is 0 Å². The van der Waals surface area contributed by atoms with Crippen molar-refractivity contribution < 1.29 is 34.2 Å². The molecule has 0 aromatic heterocycles. The molecule has 0 aliphatic carbocycles. The molecule has 0 aliphatic heterocycles. The highest BCUT2D eigenvalue weighted by atomic mass is 16.4. The van der Waals surface area contributed by atoms with Crippen molar-refractivity contribution in [3.05, 3.63) is 12.2 Å². The van der Waals surface area contributed by atoms with Crippen LogP contribution in [-0.4, -0.2) is 63.9 Å². The summed E-state index contributed by atoms with van der Waals surface area (Å²) >= 11 is 0. The van der Waals surface area contributed by atoms with Gasteiger partial charge in [0.1, 0.15) is 17.8 Å². The summed E-state index contributed by atoms with van der Waals surface area (Å²) in [7, 11) is 0. The molecule has 7 heteroatoms. The highest BCUT2D eigenvalue weighted by Crippen LogP contribution is 2.21. The summed E-state index contributed by atoms with van der Waals surface area (Å²) in [5, 5.41) is 28.5. The van der Waals surface area contributed by atoms with Crippen LogP contribution in [0.1, 0.15) is 143 Å². The Morgan fingerprint density at radius 3 is 1.10 bits per heavy atom. The molecule has 240 valence electrons. The maximum absolute atomic E-state index is 11.6. The molecule has 0 aromatic carbocycles. The highest BCUT2D eigenvalue weighted by molar-refractivity contribution is 5.70. The fraction of sp³-hybridized carbons (Fsp3) is 0.853. The SMILES string of the molecule is CCCCCCCCCCCCCCCCCCC/C=C/C[N+](CC(C)C(=O)O)(CC(C)C(=O)O)CC(C)C(=O)O.